The molecule has 0 saturated carbocycles. The van der Waals surface area contributed by atoms with Crippen LogP contribution in [0.3, 0.4) is 0 Å². The average Bonchev–Trinajstić information content (AvgIpc) is 3.03. The van der Waals surface area contributed by atoms with Crippen molar-refractivity contribution < 1.29 is 4.57 Å². The van der Waals surface area contributed by atoms with Crippen LogP contribution in [0.2, 0.25) is 0 Å². The number of aromatic nitrogens is 2. The molecule has 2 rings (SSSR count). The van der Waals surface area contributed by atoms with E-state index in [1.165, 1.54) is 31.4 Å². The summed E-state index contributed by atoms with van der Waals surface area (Å²) in [5.74, 6) is 0.811. The average molecular weight is 387 g/mol. The number of unbranched alkanes of at least 4 members (excludes halogenated alkanes) is 4. The van der Waals surface area contributed by atoms with E-state index in [1.807, 2.05) is 47.8 Å². The first kappa shape index (κ1) is 22.0. The first-order chi connectivity index (χ1) is 13.7. The second kappa shape index (κ2) is 12.3. The molecule has 7 nitrogen and oxygen atoms in total. The Morgan fingerprint density at radius 2 is 1.50 bits per heavy atom. The van der Waals surface area contributed by atoms with Gasteiger partial charge in [-0.25, -0.2) is 9.13 Å². The summed E-state index contributed by atoms with van der Waals surface area (Å²) in [6.07, 6.45) is 10.8. The maximum atomic E-state index is 5.62. The van der Waals surface area contributed by atoms with E-state index in [0.29, 0.717) is 0 Å². The van der Waals surface area contributed by atoms with Crippen molar-refractivity contribution in [3.8, 4) is 0 Å². The lowest BCUT2D eigenvalue weighted by atomic mass is 10.1. The molecular weight excluding hydrogens is 350 g/mol. The lowest BCUT2D eigenvalue weighted by Crippen LogP contribution is -2.26. The van der Waals surface area contributed by atoms with E-state index in [9.17, 15) is 0 Å². The van der Waals surface area contributed by atoms with Crippen molar-refractivity contribution >= 4 is 17.3 Å². The summed E-state index contributed by atoms with van der Waals surface area (Å²) in [4.78, 5) is 2.46. The highest BCUT2D eigenvalue weighted by Gasteiger charge is 2.11. The van der Waals surface area contributed by atoms with E-state index in [2.05, 4.69) is 27.3 Å². The molecule has 28 heavy (non-hydrogen) atoms. The second-order valence-electron chi connectivity index (χ2n) is 7.22. The summed E-state index contributed by atoms with van der Waals surface area (Å²) < 4.78 is 3.89. The topological polar surface area (TPSA) is 88.8 Å². The molecule has 0 amide bonds. The van der Waals surface area contributed by atoms with Crippen LogP contribution in [-0.2, 0) is 14.1 Å². The standard InChI is InChI=1S/C21H36N7/c1-26-17-18-27(2)21(26)25-24-19-9-11-20(12-10-19)28(15-7-3-5-13-22)16-8-4-6-14-23/h9-12,17-18H,3-8,13-16,22-23H2,1-2H3/q+1. The summed E-state index contributed by atoms with van der Waals surface area (Å²) >= 11 is 0. The summed E-state index contributed by atoms with van der Waals surface area (Å²) in [5.41, 5.74) is 13.3. The van der Waals surface area contributed by atoms with Crippen LogP contribution >= 0.6 is 0 Å². The number of aryl methyl sites for hydroxylation is 2. The zero-order chi connectivity index (χ0) is 20.2. The molecule has 0 aliphatic rings. The van der Waals surface area contributed by atoms with Crippen molar-refractivity contribution in [2.75, 3.05) is 31.1 Å². The van der Waals surface area contributed by atoms with Gasteiger partial charge in [-0.05, 0) is 63.0 Å². The van der Waals surface area contributed by atoms with Gasteiger partial charge in [0.05, 0.1) is 26.5 Å². The zero-order valence-corrected chi connectivity index (χ0v) is 17.4. The van der Waals surface area contributed by atoms with Crippen molar-refractivity contribution in [1.29, 1.82) is 0 Å². The van der Waals surface area contributed by atoms with Crippen LogP contribution in [-0.4, -0.2) is 30.7 Å². The van der Waals surface area contributed by atoms with Crippen molar-refractivity contribution in [3.63, 3.8) is 0 Å². The third kappa shape index (κ3) is 7.05. The molecular formula is C21H36N7+. The Bertz CT molecular complexity index is 675. The molecule has 4 N–H and O–H groups in total. The second-order valence-corrected chi connectivity index (χ2v) is 7.22. The normalized spacial score (nSPS) is 11.4. The monoisotopic (exact) mass is 386 g/mol. The van der Waals surface area contributed by atoms with Gasteiger partial charge in [-0.1, -0.05) is 18.0 Å². The number of hydrogen-bond donors (Lipinski definition) is 2. The molecule has 0 radical (unpaired) electrons. The van der Waals surface area contributed by atoms with Crippen molar-refractivity contribution in [1.82, 2.24) is 4.57 Å². The molecule has 0 atom stereocenters. The molecule has 0 saturated heterocycles. The van der Waals surface area contributed by atoms with Gasteiger partial charge in [-0.2, -0.15) is 0 Å². The lowest BCUT2D eigenvalue weighted by Gasteiger charge is -2.25. The van der Waals surface area contributed by atoms with Crippen molar-refractivity contribution in [3.05, 3.63) is 36.7 Å². The molecule has 0 unspecified atom stereocenters. The number of nitrogens with zero attached hydrogens (tertiary/aromatic N) is 5. The SMILES string of the molecule is Cn1cc[n+](C)c1N=Nc1ccc(N(CCCCCN)CCCCCN)cc1. The Kier molecular flexibility index (Phi) is 9.65. The first-order valence-corrected chi connectivity index (χ1v) is 10.3. The van der Waals surface area contributed by atoms with Gasteiger partial charge in [0.1, 0.15) is 5.69 Å². The molecule has 0 spiro atoms. The van der Waals surface area contributed by atoms with E-state index in [-0.39, 0.29) is 0 Å². The molecule has 0 fully saturated rings. The fraction of sp³-hybridized carbons (Fsp3) is 0.571. The van der Waals surface area contributed by atoms with Crippen LogP contribution in [0.4, 0.5) is 17.3 Å². The van der Waals surface area contributed by atoms with Crippen molar-refractivity contribution in [2.45, 2.75) is 38.5 Å². The molecule has 0 aliphatic carbocycles. The van der Waals surface area contributed by atoms with Crippen LogP contribution in [0.5, 0.6) is 0 Å². The van der Waals surface area contributed by atoms with Crippen LogP contribution in [0.15, 0.2) is 46.9 Å². The van der Waals surface area contributed by atoms with Gasteiger partial charge in [0.2, 0.25) is 0 Å². The number of hydrogen-bond acceptors (Lipinski definition) is 5. The molecule has 2 aromatic rings. The minimum absolute atomic E-state index is 0.773. The lowest BCUT2D eigenvalue weighted by molar-refractivity contribution is -0.657. The van der Waals surface area contributed by atoms with E-state index >= 15 is 0 Å². The van der Waals surface area contributed by atoms with E-state index < -0.39 is 0 Å². The number of anilines is 1. The zero-order valence-electron chi connectivity index (χ0n) is 17.4. The summed E-state index contributed by atoms with van der Waals surface area (Å²) in [6, 6.07) is 8.36. The summed E-state index contributed by atoms with van der Waals surface area (Å²) in [7, 11) is 3.93. The number of benzene rings is 1. The first-order valence-electron chi connectivity index (χ1n) is 10.3. The van der Waals surface area contributed by atoms with Crippen molar-refractivity contribution in [2.24, 2.45) is 35.8 Å². The summed E-state index contributed by atoms with van der Waals surface area (Å²) in [6.45, 7) is 3.66. The van der Waals surface area contributed by atoms with Crippen LogP contribution in [0.1, 0.15) is 38.5 Å². The Morgan fingerprint density at radius 3 is 2.00 bits per heavy atom. The number of imidazole rings is 1. The predicted octanol–water partition coefficient (Wildman–Crippen LogP) is 3.33. The Hall–Kier alpha value is -2.25. The van der Waals surface area contributed by atoms with Gasteiger partial charge in [0, 0.05) is 23.9 Å². The Labute approximate surface area is 169 Å². The van der Waals surface area contributed by atoms with Crippen LogP contribution in [0.25, 0.3) is 0 Å². The van der Waals surface area contributed by atoms with E-state index in [1.54, 1.807) is 0 Å². The molecule has 1 aromatic heterocycles. The fourth-order valence-electron chi connectivity index (χ4n) is 3.17. The molecule has 0 bridgehead atoms. The van der Waals surface area contributed by atoms with Gasteiger partial charge < -0.3 is 16.4 Å². The van der Waals surface area contributed by atoms with Gasteiger partial charge >= 0.3 is 5.95 Å². The Morgan fingerprint density at radius 1 is 0.893 bits per heavy atom. The highest BCUT2D eigenvalue weighted by Crippen LogP contribution is 2.22. The minimum Gasteiger partial charge on any atom is -0.372 e. The summed E-state index contributed by atoms with van der Waals surface area (Å²) in [5, 5.41) is 8.74. The highest BCUT2D eigenvalue weighted by molar-refractivity contribution is 5.52. The maximum absolute atomic E-state index is 5.62. The largest absolute Gasteiger partial charge is 0.421 e. The predicted molar refractivity (Wildman–Crippen MR) is 115 cm³/mol. The molecule has 1 heterocycles. The molecule has 1 aromatic carbocycles. The van der Waals surface area contributed by atoms with Gasteiger partial charge in [0.25, 0.3) is 0 Å². The van der Waals surface area contributed by atoms with Gasteiger partial charge in [-0.3, -0.25) is 0 Å². The third-order valence-electron chi connectivity index (χ3n) is 4.88. The minimum atomic E-state index is 0.773. The number of rotatable bonds is 13. The van der Waals surface area contributed by atoms with Crippen LogP contribution < -0.4 is 20.9 Å². The highest BCUT2D eigenvalue weighted by atomic mass is 15.3. The number of nitrogens with two attached hydrogens (primary N) is 2. The quantitative estimate of drug-likeness (QED) is 0.314. The van der Waals surface area contributed by atoms with Gasteiger partial charge in [-0.15, -0.1) is 0 Å². The molecule has 154 valence electrons. The maximum Gasteiger partial charge on any atom is 0.421 e. The van der Waals surface area contributed by atoms with E-state index in [4.69, 9.17) is 11.5 Å². The third-order valence-corrected chi connectivity index (χ3v) is 4.88. The molecule has 0 aliphatic heterocycles. The Balaban J connectivity index is 1.99. The van der Waals surface area contributed by atoms with Crippen LogP contribution in [0, 0.1) is 0 Å². The van der Waals surface area contributed by atoms with Gasteiger partial charge in [0.15, 0.2) is 0 Å². The number of azo groups is 1. The smallest absolute Gasteiger partial charge is 0.372 e. The molecule has 7 heteroatoms. The fourth-order valence-corrected chi connectivity index (χ4v) is 3.17. The van der Waals surface area contributed by atoms with E-state index in [0.717, 1.165) is 50.7 Å².